The maximum atomic E-state index is 5.18. The van der Waals surface area contributed by atoms with Crippen LogP contribution in [0, 0.1) is 10.7 Å². The van der Waals surface area contributed by atoms with Gasteiger partial charge in [-0.25, -0.2) is 5.10 Å². The van der Waals surface area contributed by atoms with Crippen LogP contribution in [0.1, 0.15) is 32.1 Å². The zero-order valence-electron chi connectivity index (χ0n) is 9.65. The third kappa shape index (κ3) is 1.49. The molecule has 0 bridgehead atoms. The molecule has 1 aromatic heterocycles. The molecule has 0 amide bonds. The van der Waals surface area contributed by atoms with Crippen molar-refractivity contribution in [3.05, 3.63) is 4.77 Å². The lowest BCUT2D eigenvalue weighted by Crippen LogP contribution is -2.43. The summed E-state index contributed by atoms with van der Waals surface area (Å²) >= 11 is 5.18. The Hall–Kier alpha value is -0.840. The van der Waals surface area contributed by atoms with Crippen LogP contribution in [0.25, 0.3) is 0 Å². The minimum atomic E-state index is 0.706. The Labute approximate surface area is 101 Å². The predicted octanol–water partition coefficient (Wildman–Crippen LogP) is 2.25. The highest BCUT2D eigenvalue weighted by Gasteiger charge is 2.36. The number of rotatable bonds is 1. The van der Waals surface area contributed by atoms with Gasteiger partial charge in [0, 0.05) is 19.6 Å². The highest BCUT2D eigenvalue weighted by molar-refractivity contribution is 7.71. The topological polar surface area (TPSA) is 36.9 Å². The number of aromatic nitrogens is 3. The zero-order chi connectivity index (χ0) is 11.1. The summed E-state index contributed by atoms with van der Waals surface area (Å²) in [7, 11) is 2.00. The molecule has 2 atom stereocenters. The van der Waals surface area contributed by atoms with Crippen molar-refractivity contribution in [3.63, 3.8) is 0 Å². The lowest BCUT2D eigenvalue weighted by Gasteiger charge is -2.38. The van der Waals surface area contributed by atoms with Crippen LogP contribution >= 0.6 is 12.2 Å². The Morgan fingerprint density at radius 1 is 1.31 bits per heavy atom. The van der Waals surface area contributed by atoms with E-state index >= 15 is 0 Å². The summed E-state index contributed by atoms with van der Waals surface area (Å²) in [6.07, 6.45) is 6.79. The Kier molecular flexibility index (Phi) is 2.50. The van der Waals surface area contributed by atoms with Gasteiger partial charge in [-0.1, -0.05) is 6.42 Å². The van der Waals surface area contributed by atoms with Gasteiger partial charge in [-0.3, -0.25) is 4.57 Å². The van der Waals surface area contributed by atoms with Gasteiger partial charge in [0.05, 0.1) is 0 Å². The fourth-order valence-electron chi connectivity index (χ4n) is 3.30. The molecule has 0 spiro atoms. The molecule has 1 aromatic rings. The van der Waals surface area contributed by atoms with Gasteiger partial charge >= 0.3 is 0 Å². The third-order valence-electron chi connectivity index (χ3n) is 4.11. The first-order valence-corrected chi connectivity index (χ1v) is 6.56. The molecule has 5 heteroatoms. The largest absolute Gasteiger partial charge is 0.338 e. The van der Waals surface area contributed by atoms with Crippen LogP contribution in [0.3, 0.4) is 0 Å². The lowest BCUT2D eigenvalue weighted by molar-refractivity contribution is 0.356. The Morgan fingerprint density at radius 3 is 2.88 bits per heavy atom. The van der Waals surface area contributed by atoms with Gasteiger partial charge in [0.2, 0.25) is 5.95 Å². The molecule has 1 saturated carbocycles. The van der Waals surface area contributed by atoms with Crippen LogP contribution in [0.15, 0.2) is 0 Å². The number of nitrogens with one attached hydrogen (secondary N) is 1. The SMILES string of the molecule is Cn1c(N2CCCC3CCCC32)n[nH]c1=S. The van der Waals surface area contributed by atoms with Crippen LogP contribution in [0.4, 0.5) is 5.95 Å². The van der Waals surface area contributed by atoms with Crippen LogP contribution in [-0.4, -0.2) is 27.4 Å². The third-order valence-corrected chi connectivity index (χ3v) is 4.47. The molecule has 2 heterocycles. The summed E-state index contributed by atoms with van der Waals surface area (Å²) < 4.78 is 2.71. The molecule has 2 aliphatic rings. The lowest BCUT2D eigenvalue weighted by atomic mass is 9.92. The summed E-state index contributed by atoms with van der Waals surface area (Å²) in [6.45, 7) is 1.13. The highest BCUT2D eigenvalue weighted by Crippen LogP contribution is 2.38. The van der Waals surface area contributed by atoms with Crippen molar-refractivity contribution in [2.45, 2.75) is 38.1 Å². The Balaban J connectivity index is 1.93. The second-order valence-corrected chi connectivity index (χ2v) is 5.37. The smallest absolute Gasteiger partial charge is 0.225 e. The molecule has 1 aliphatic carbocycles. The number of aromatic amines is 1. The molecular formula is C11H18N4S. The van der Waals surface area contributed by atoms with Crippen molar-refractivity contribution in [2.75, 3.05) is 11.4 Å². The normalized spacial score (nSPS) is 29.4. The summed E-state index contributed by atoms with van der Waals surface area (Å²) in [5, 5.41) is 7.26. The van der Waals surface area contributed by atoms with Crippen molar-refractivity contribution < 1.29 is 0 Å². The maximum Gasteiger partial charge on any atom is 0.225 e. The molecule has 2 unspecified atom stereocenters. The molecule has 0 radical (unpaired) electrons. The summed E-state index contributed by atoms with van der Waals surface area (Å²) in [6, 6.07) is 0.706. The van der Waals surface area contributed by atoms with Crippen LogP contribution in [0.2, 0.25) is 0 Å². The molecular weight excluding hydrogens is 220 g/mol. The van der Waals surface area contributed by atoms with E-state index in [0.29, 0.717) is 6.04 Å². The fraction of sp³-hybridized carbons (Fsp3) is 0.818. The number of fused-ring (bicyclic) bond motifs is 1. The van der Waals surface area contributed by atoms with Crippen molar-refractivity contribution >= 4 is 18.2 Å². The minimum absolute atomic E-state index is 0.706. The Morgan fingerprint density at radius 2 is 2.12 bits per heavy atom. The summed E-state index contributed by atoms with van der Waals surface area (Å²) in [5.74, 6) is 1.92. The second-order valence-electron chi connectivity index (χ2n) is 4.98. The van der Waals surface area contributed by atoms with E-state index < -0.39 is 0 Å². The second kappa shape index (κ2) is 3.87. The average Bonchev–Trinajstić information content (AvgIpc) is 2.87. The van der Waals surface area contributed by atoms with E-state index in [1.54, 1.807) is 0 Å². The van der Waals surface area contributed by atoms with Gasteiger partial charge in [-0.05, 0) is 43.8 Å². The summed E-state index contributed by atoms with van der Waals surface area (Å²) in [4.78, 5) is 2.47. The van der Waals surface area contributed by atoms with Crippen molar-refractivity contribution in [3.8, 4) is 0 Å². The number of anilines is 1. The van der Waals surface area contributed by atoms with Gasteiger partial charge in [0.1, 0.15) is 0 Å². The van der Waals surface area contributed by atoms with Crippen LogP contribution < -0.4 is 4.90 Å². The van der Waals surface area contributed by atoms with E-state index in [1.807, 2.05) is 11.6 Å². The van der Waals surface area contributed by atoms with E-state index in [0.717, 1.165) is 23.2 Å². The molecule has 2 fully saturated rings. The number of piperidine rings is 1. The molecule has 3 rings (SSSR count). The monoisotopic (exact) mass is 238 g/mol. The molecule has 4 nitrogen and oxygen atoms in total. The number of H-pyrrole nitrogens is 1. The first-order chi connectivity index (χ1) is 7.77. The standard InChI is InChI=1S/C11H18N4S/c1-14-10(12-13-11(14)16)15-7-3-5-8-4-2-6-9(8)15/h8-9H,2-7H2,1H3,(H,13,16). The van der Waals surface area contributed by atoms with Crippen molar-refractivity contribution in [1.29, 1.82) is 0 Å². The number of hydrogen-bond acceptors (Lipinski definition) is 3. The first-order valence-electron chi connectivity index (χ1n) is 6.15. The van der Waals surface area contributed by atoms with Crippen molar-refractivity contribution in [1.82, 2.24) is 14.8 Å². The molecule has 1 aliphatic heterocycles. The van der Waals surface area contributed by atoms with Gasteiger partial charge in [0.15, 0.2) is 4.77 Å². The maximum absolute atomic E-state index is 5.18. The van der Waals surface area contributed by atoms with Crippen LogP contribution in [0.5, 0.6) is 0 Å². The van der Waals surface area contributed by atoms with Gasteiger partial charge in [0.25, 0.3) is 0 Å². The van der Waals surface area contributed by atoms with Gasteiger partial charge in [-0.15, -0.1) is 5.10 Å². The first kappa shape index (κ1) is 10.3. The predicted molar refractivity (Wildman–Crippen MR) is 66.1 cm³/mol. The number of nitrogens with zero attached hydrogens (tertiary/aromatic N) is 3. The van der Waals surface area contributed by atoms with E-state index in [1.165, 1.54) is 32.1 Å². The molecule has 16 heavy (non-hydrogen) atoms. The minimum Gasteiger partial charge on any atom is -0.338 e. The quantitative estimate of drug-likeness (QED) is 0.762. The van der Waals surface area contributed by atoms with E-state index in [4.69, 9.17) is 12.2 Å². The molecule has 0 aromatic carbocycles. The molecule has 1 saturated heterocycles. The average molecular weight is 238 g/mol. The van der Waals surface area contributed by atoms with E-state index in [9.17, 15) is 0 Å². The summed E-state index contributed by atoms with van der Waals surface area (Å²) in [5.41, 5.74) is 0. The van der Waals surface area contributed by atoms with Crippen LogP contribution in [-0.2, 0) is 7.05 Å². The van der Waals surface area contributed by atoms with E-state index in [2.05, 4.69) is 15.1 Å². The number of hydrogen-bond donors (Lipinski definition) is 1. The highest BCUT2D eigenvalue weighted by atomic mass is 32.1. The Bertz CT molecular complexity index is 435. The molecule has 1 N–H and O–H groups in total. The van der Waals surface area contributed by atoms with Gasteiger partial charge in [-0.2, -0.15) is 0 Å². The fourth-order valence-corrected chi connectivity index (χ4v) is 3.43. The molecule has 88 valence electrons. The van der Waals surface area contributed by atoms with Crippen molar-refractivity contribution in [2.24, 2.45) is 13.0 Å². The zero-order valence-corrected chi connectivity index (χ0v) is 10.5. The van der Waals surface area contributed by atoms with Gasteiger partial charge < -0.3 is 4.90 Å². The van der Waals surface area contributed by atoms with E-state index in [-0.39, 0.29) is 0 Å².